The van der Waals surface area contributed by atoms with Gasteiger partial charge in [-0.15, -0.1) is 0 Å². The van der Waals surface area contributed by atoms with Gasteiger partial charge in [-0.05, 0) is 18.1 Å². The second-order valence-electron chi connectivity index (χ2n) is 4.46. The highest BCUT2D eigenvalue weighted by Gasteiger charge is 2.31. The van der Waals surface area contributed by atoms with Crippen LogP contribution in [0.15, 0.2) is 24.3 Å². The van der Waals surface area contributed by atoms with Crippen LogP contribution in [0.4, 0.5) is 13.2 Å². The number of hydrogen-bond donors (Lipinski definition) is 1. The Kier molecular flexibility index (Phi) is 5.11. The molecule has 0 saturated heterocycles. The van der Waals surface area contributed by atoms with Crippen LogP contribution >= 0.6 is 0 Å². The lowest BCUT2D eigenvalue weighted by molar-refractivity contribution is -0.137. The molecular weight excluding hydrogens is 257 g/mol. The molecule has 19 heavy (non-hydrogen) atoms. The van der Waals surface area contributed by atoms with E-state index in [2.05, 4.69) is 0 Å². The summed E-state index contributed by atoms with van der Waals surface area (Å²) in [5.41, 5.74) is -0.700. The van der Waals surface area contributed by atoms with E-state index in [4.69, 9.17) is 0 Å². The van der Waals surface area contributed by atoms with E-state index in [0.29, 0.717) is 12.8 Å². The summed E-state index contributed by atoms with van der Waals surface area (Å²) in [5, 5.41) is 9.89. The number of halogens is 3. The highest BCUT2D eigenvalue weighted by atomic mass is 19.4. The summed E-state index contributed by atoms with van der Waals surface area (Å²) >= 11 is 0. The summed E-state index contributed by atoms with van der Waals surface area (Å²) in [7, 11) is 0. The van der Waals surface area contributed by atoms with Crippen molar-refractivity contribution in [3.8, 4) is 0 Å². The van der Waals surface area contributed by atoms with E-state index in [1.165, 1.54) is 0 Å². The number of benzene rings is 1. The highest BCUT2D eigenvalue weighted by molar-refractivity contribution is 5.99. The van der Waals surface area contributed by atoms with Crippen LogP contribution in [0.25, 0.3) is 0 Å². The largest absolute Gasteiger partial charge is 0.416 e. The molecule has 1 aromatic rings. The molecule has 0 amide bonds. The van der Waals surface area contributed by atoms with Gasteiger partial charge in [0.15, 0.2) is 5.78 Å². The number of Topliss-reactive ketones (excluding diaryl/α,β-unsaturated/α-hetero) is 1. The van der Waals surface area contributed by atoms with Crippen molar-refractivity contribution < 1.29 is 23.1 Å². The van der Waals surface area contributed by atoms with Gasteiger partial charge in [0, 0.05) is 5.56 Å². The van der Waals surface area contributed by atoms with Gasteiger partial charge in [-0.2, -0.15) is 13.2 Å². The zero-order valence-corrected chi connectivity index (χ0v) is 10.9. The first kappa shape index (κ1) is 15.7. The van der Waals surface area contributed by atoms with Gasteiger partial charge < -0.3 is 5.11 Å². The predicted octanol–water partition coefficient (Wildman–Crippen LogP) is 3.69. The number of aliphatic hydroxyl groups is 1. The second-order valence-corrected chi connectivity index (χ2v) is 4.46. The fraction of sp³-hybridized carbons (Fsp3) is 0.500. The maximum atomic E-state index is 12.4. The van der Waals surface area contributed by atoms with E-state index in [1.54, 1.807) is 0 Å². The van der Waals surface area contributed by atoms with Crippen molar-refractivity contribution in [1.29, 1.82) is 0 Å². The van der Waals surface area contributed by atoms with Crippen LogP contribution < -0.4 is 0 Å². The number of ketones is 1. The molecule has 0 spiro atoms. The molecule has 0 aliphatic heterocycles. The Balaban J connectivity index is 2.89. The van der Waals surface area contributed by atoms with Crippen LogP contribution in [0, 0.1) is 5.92 Å². The zero-order valence-electron chi connectivity index (χ0n) is 10.9. The van der Waals surface area contributed by atoms with Crippen molar-refractivity contribution in [2.24, 2.45) is 5.92 Å². The molecule has 106 valence electrons. The monoisotopic (exact) mass is 274 g/mol. The molecule has 0 bridgehead atoms. The number of hydrogen-bond acceptors (Lipinski definition) is 2. The van der Waals surface area contributed by atoms with Gasteiger partial charge >= 0.3 is 6.18 Å². The Hall–Kier alpha value is -1.36. The third-order valence-corrected chi connectivity index (χ3v) is 3.26. The van der Waals surface area contributed by atoms with E-state index >= 15 is 0 Å². The summed E-state index contributed by atoms with van der Waals surface area (Å²) in [6, 6.07) is 3.92. The van der Waals surface area contributed by atoms with Gasteiger partial charge in [-0.1, -0.05) is 38.8 Å². The Morgan fingerprint density at radius 3 is 2.00 bits per heavy atom. The normalized spacial score (nSPS) is 13.6. The minimum Gasteiger partial charge on any atom is -0.385 e. The van der Waals surface area contributed by atoms with E-state index in [0.717, 1.165) is 24.3 Å². The molecule has 1 unspecified atom stereocenters. The first-order valence-electron chi connectivity index (χ1n) is 6.20. The number of carbonyl (C=O) groups is 1. The van der Waals surface area contributed by atoms with Gasteiger partial charge in [0.2, 0.25) is 0 Å². The Labute approximate surface area is 110 Å². The Morgan fingerprint density at radius 2 is 1.63 bits per heavy atom. The fourth-order valence-electron chi connectivity index (χ4n) is 1.94. The number of carbonyl (C=O) groups excluding carboxylic acids is 1. The van der Waals surface area contributed by atoms with Gasteiger partial charge in [0.05, 0.1) is 5.56 Å². The molecule has 2 nitrogen and oxygen atoms in total. The molecule has 0 aliphatic carbocycles. The average Bonchev–Trinajstić information content (AvgIpc) is 2.38. The van der Waals surface area contributed by atoms with Crippen molar-refractivity contribution in [2.45, 2.75) is 39.0 Å². The van der Waals surface area contributed by atoms with Gasteiger partial charge in [-0.3, -0.25) is 4.79 Å². The second kappa shape index (κ2) is 6.19. The molecule has 0 aromatic heterocycles. The lowest BCUT2D eigenvalue weighted by Crippen LogP contribution is -2.29. The summed E-state index contributed by atoms with van der Waals surface area (Å²) < 4.78 is 37.1. The molecular formula is C14H17F3O2. The van der Waals surface area contributed by atoms with Crippen molar-refractivity contribution in [2.75, 3.05) is 0 Å². The maximum Gasteiger partial charge on any atom is 0.416 e. The van der Waals surface area contributed by atoms with Crippen molar-refractivity contribution >= 4 is 5.78 Å². The molecule has 0 heterocycles. The highest BCUT2D eigenvalue weighted by Crippen LogP contribution is 2.29. The van der Waals surface area contributed by atoms with Crippen molar-refractivity contribution in [3.05, 3.63) is 35.4 Å². The van der Waals surface area contributed by atoms with Crippen LogP contribution in [-0.4, -0.2) is 17.0 Å². The van der Waals surface area contributed by atoms with Gasteiger partial charge in [0.25, 0.3) is 0 Å². The fourth-order valence-corrected chi connectivity index (χ4v) is 1.94. The van der Waals surface area contributed by atoms with E-state index in [9.17, 15) is 23.1 Å². The average molecular weight is 274 g/mol. The SMILES string of the molecule is CCC(CC)C(O)C(=O)c1ccc(C(F)(F)F)cc1. The van der Waals surface area contributed by atoms with Crippen molar-refractivity contribution in [3.63, 3.8) is 0 Å². The summed E-state index contributed by atoms with van der Waals surface area (Å²) in [6.45, 7) is 3.72. The molecule has 1 aromatic carbocycles. The minimum absolute atomic E-state index is 0.104. The third kappa shape index (κ3) is 3.80. The van der Waals surface area contributed by atoms with Crippen LogP contribution in [0.3, 0.4) is 0 Å². The first-order valence-corrected chi connectivity index (χ1v) is 6.20. The molecule has 5 heteroatoms. The summed E-state index contributed by atoms with van der Waals surface area (Å²) in [4.78, 5) is 11.9. The quantitative estimate of drug-likeness (QED) is 0.831. The molecule has 0 fully saturated rings. The predicted molar refractivity (Wildman–Crippen MR) is 65.9 cm³/mol. The number of rotatable bonds is 5. The summed E-state index contributed by atoms with van der Waals surface area (Å²) in [5.74, 6) is -0.697. The molecule has 1 N–H and O–H groups in total. The standard InChI is InChI=1S/C14H17F3O2/c1-3-9(4-2)12(18)13(19)10-5-7-11(8-6-10)14(15,16)17/h5-9,12,18H,3-4H2,1-2H3. The van der Waals surface area contributed by atoms with Gasteiger partial charge in [0.1, 0.15) is 6.10 Å². The molecule has 1 atom stereocenters. The van der Waals surface area contributed by atoms with Crippen LogP contribution in [-0.2, 0) is 6.18 Å². The topological polar surface area (TPSA) is 37.3 Å². The Bertz CT molecular complexity index is 419. The molecule has 0 saturated carbocycles. The van der Waals surface area contributed by atoms with E-state index in [1.807, 2.05) is 13.8 Å². The Morgan fingerprint density at radius 1 is 1.16 bits per heavy atom. The maximum absolute atomic E-state index is 12.4. The van der Waals surface area contributed by atoms with Crippen molar-refractivity contribution in [1.82, 2.24) is 0 Å². The lowest BCUT2D eigenvalue weighted by atomic mass is 9.90. The molecule has 1 rings (SSSR count). The van der Waals surface area contributed by atoms with Crippen LogP contribution in [0.2, 0.25) is 0 Å². The third-order valence-electron chi connectivity index (χ3n) is 3.26. The summed E-state index contributed by atoms with van der Waals surface area (Å²) in [6.07, 6.45) is -4.30. The minimum atomic E-state index is -4.42. The van der Waals surface area contributed by atoms with Crippen LogP contribution in [0.5, 0.6) is 0 Å². The van der Waals surface area contributed by atoms with E-state index in [-0.39, 0.29) is 11.5 Å². The van der Waals surface area contributed by atoms with E-state index < -0.39 is 23.6 Å². The molecule has 0 aliphatic rings. The number of aliphatic hydroxyl groups excluding tert-OH is 1. The molecule has 0 radical (unpaired) electrons. The van der Waals surface area contributed by atoms with Gasteiger partial charge in [-0.25, -0.2) is 0 Å². The zero-order chi connectivity index (χ0) is 14.6. The smallest absolute Gasteiger partial charge is 0.385 e. The first-order chi connectivity index (χ1) is 8.81. The van der Waals surface area contributed by atoms with Crippen LogP contribution in [0.1, 0.15) is 42.6 Å². The lowest BCUT2D eigenvalue weighted by Gasteiger charge is -2.19. The number of alkyl halides is 3.